The van der Waals surface area contributed by atoms with Crippen LogP contribution >= 0.6 is 0 Å². The van der Waals surface area contributed by atoms with Gasteiger partial charge >= 0.3 is 5.69 Å². The van der Waals surface area contributed by atoms with Crippen LogP contribution in [0.4, 0.5) is 5.69 Å². The third-order valence-electron chi connectivity index (χ3n) is 3.31. The van der Waals surface area contributed by atoms with E-state index >= 15 is 0 Å². The first-order valence-corrected chi connectivity index (χ1v) is 6.46. The third kappa shape index (κ3) is 3.24. The minimum atomic E-state index is -0.555. The highest BCUT2D eigenvalue weighted by molar-refractivity contribution is 5.95. The van der Waals surface area contributed by atoms with Crippen LogP contribution in [0.1, 0.15) is 23.2 Å². The monoisotopic (exact) mass is 279 g/mol. The number of nitro benzene ring substituents is 1. The molecule has 1 aliphatic heterocycles. The van der Waals surface area contributed by atoms with Gasteiger partial charge in [-0.25, -0.2) is 0 Å². The zero-order chi connectivity index (χ0) is 14.5. The van der Waals surface area contributed by atoms with Crippen molar-refractivity contribution in [1.29, 1.82) is 0 Å². The number of hydrogen-bond acceptors (Lipinski definition) is 5. The minimum Gasteiger partial charge on any atom is -0.490 e. The number of benzene rings is 1. The number of rotatable bonds is 4. The van der Waals surface area contributed by atoms with E-state index < -0.39 is 4.92 Å². The summed E-state index contributed by atoms with van der Waals surface area (Å²) in [5.41, 5.74) is 0.0708. The van der Waals surface area contributed by atoms with E-state index in [0.29, 0.717) is 0 Å². The Balaban J connectivity index is 2.13. The molecule has 0 spiro atoms. The molecule has 0 aliphatic carbocycles. The highest BCUT2D eigenvalue weighted by atomic mass is 16.6. The number of ether oxygens (including phenoxy) is 1. The van der Waals surface area contributed by atoms with Crippen molar-refractivity contribution in [3.05, 3.63) is 33.9 Å². The molecule has 0 radical (unpaired) electrons. The number of nitro groups is 1. The summed E-state index contributed by atoms with van der Waals surface area (Å²) in [7, 11) is 1.36. The minimum absolute atomic E-state index is 0.116. The largest absolute Gasteiger partial charge is 0.490 e. The smallest absolute Gasteiger partial charge is 0.311 e. The fourth-order valence-electron chi connectivity index (χ4n) is 2.21. The SMILES string of the molecule is COc1ccc(C(=O)NC2CCNCC2)cc1[N+](=O)[O-]. The summed E-state index contributed by atoms with van der Waals surface area (Å²) >= 11 is 0. The highest BCUT2D eigenvalue weighted by Crippen LogP contribution is 2.27. The third-order valence-corrected chi connectivity index (χ3v) is 3.31. The second-order valence-corrected chi connectivity index (χ2v) is 4.64. The van der Waals surface area contributed by atoms with Gasteiger partial charge in [0.15, 0.2) is 5.75 Å². The van der Waals surface area contributed by atoms with Gasteiger partial charge in [-0.1, -0.05) is 0 Å². The number of nitrogens with one attached hydrogen (secondary N) is 2. The molecule has 1 saturated heterocycles. The molecular weight excluding hydrogens is 262 g/mol. The first-order chi connectivity index (χ1) is 9.61. The van der Waals surface area contributed by atoms with Gasteiger partial charge in [-0.3, -0.25) is 14.9 Å². The average molecular weight is 279 g/mol. The van der Waals surface area contributed by atoms with Gasteiger partial charge in [-0.05, 0) is 38.1 Å². The molecule has 2 N–H and O–H groups in total. The molecular formula is C13H17N3O4. The molecule has 2 rings (SSSR count). The molecule has 0 unspecified atom stereocenters. The van der Waals surface area contributed by atoms with Crippen molar-refractivity contribution in [3.8, 4) is 5.75 Å². The van der Waals surface area contributed by atoms with E-state index in [1.54, 1.807) is 0 Å². The summed E-state index contributed by atoms with van der Waals surface area (Å²) in [4.78, 5) is 22.5. The molecule has 7 heteroatoms. The van der Waals surface area contributed by atoms with Gasteiger partial charge < -0.3 is 15.4 Å². The zero-order valence-corrected chi connectivity index (χ0v) is 11.2. The van der Waals surface area contributed by atoms with Crippen molar-refractivity contribution >= 4 is 11.6 Å². The highest BCUT2D eigenvalue weighted by Gasteiger charge is 2.20. The van der Waals surface area contributed by atoms with Crippen LogP contribution in [-0.4, -0.2) is 37.1 Å². The number of nitrogens with zero attached hydrogens (tertiary/aromatic N) is 1. The number of carbonyl (C=O) groups excluding carboxylic acids is 1. The van der Waals surface area contributed by atoms with E-state index in [0.717, 1.165) is 25.9 Å². The molecule has 20 heavy (non-hydrogen) atoms. The molecule has 0 atom stereocenters. The Labute approximate surface area is 116 Å². The Bertz CT molecular complexity index is 512. The quantitative estimate of drug-likeness (QED) is 0.635. The Morgan fingerprint density at radius 1 is 1.45 bits per heavy atom. The molecule has 108 valence electrons. The van der Waals surface area contributed by atoms with Crippen LogP contribution in [-0.2, 0) is 0 Å². The lowest BCUT2D eigenvalue weighted by atomic mass is 10.1. The molecule has 1 fully saturated rings. The van der Waals surface area contributed by atoms with Gasteiger partial charge in [0.1, 0.15) is 0 Å². The van der Waals surface area contributed by atoms with Gasteiger partial charge in [0.25, 0.3) is 5.91 Å². The van der Waals surface area contributed by atoms with E-state index in [1.165, 1.54) is 25.3 Å². The normalized spacial score (nSPS) is 15.7. The predicted molar refractivity (Wildman–Crippen MR) is 73.0 cm³/mol. The van der Waals surface area contributed by atoms with E-state index in [-0.39, 0.29) is 28.9 Å². The molecule has 0 aromatic heterocycles. The van der Waals surface area contributed by atoms with E-state index in [1.807, 2.05) is 0 Å². The van der Waals surface area contributed by atoms with Crippen LogP contribution in [0.5, 0.6) is 5.75 Å². The summed E-state index contributed by atoms with van der Waals surface area (Å²) in [6, 6.07) is 4.33. The number of piperidine rings is 1. The second kappa shape index (κ2) is 6.33. The zero-order valence-electron chi connectivity index (χ0n) is 11.2. The summed E-state index contributed by atoms with van der Waals surface area (Å²) in [5, 5.41) is 17.0. The number of amides is 1. The molecule has 1 aromatic carbocycles. The van der Waals surface area contributed by atoms with Crippen molar-refractivity contribution in [2.45, 2.75) is 18.9 Å². The maximum absolute atomic E-state index is 12.1. The fourth-order valence-corrected chi connectivity index (χ4v) is 2.21. The van der Waals surface area contributed by atoms with Crippen LogP contribution in [0.25, 0.3) is 0 Å². The summed E-state index contributed by atoms with van der Waals surface area (Å²) in [5.74, 6) is -0.143. The van der Waals surface area contributed by atoms with E-state index in [4.69, 9.17) is 4.74 Å². The van der Waals surface area contributed by atoms with E-state index in [2.05, 4.69) is 10.6 Å². The first-order valence-electron chi connectivity index (χ1n) is 6.46. The average Bonchev–Trinajstić information content (AvgIpc) is 2.47. The lowest BCUT2D eigenvalue weighted by Gasteiger charge is -2.23. The Morgan fingerprint density at radius 2 is 2.15 bits per heavy atom. The van der Waals surface area contributed by atoms with Crippen LogP contribution in [0, 0.1) is 10.1 Å². The second-order valence-electron chi connectivity index (χ2n) is 4.64. The summed E-state index contributed by atoms with van der Waals surface area (Å²) in [6.45, 7) is 1.74. The van der Waals surface area contributed by atoms with E-state index in [9.17, 15) is 14.9 Å². The molecule has 7 nitrogen and oxygen atoms in total. The Morgan fingerprint density at radius 3 is 2.75 bits per heavy atom. The lowest BCUT2D eigenvalue weighted by Crippen LogP contribution is -2.42. The number of methoxy groups -OCH3 is 1. The van der Waals surface area contributed by atoms with Gasteiger partial charge in [-0.2, -0.15) is 0 Å². The van der Waals surface area contributed by atoms with Crippen molar-refractivity contribution in [2.75, 3.05) is 20.2 Å². The standard InChI is InChI=1S/C13H17N3O4/c1-20-12-3-2-9(8-11(12)16(18)19)13(17)15-10-4-6-14-7-5-10/h2-3,8,10,14H,4-7H2,1H3,(H,15,17). The fraction of sp³-hybridized carbons (Fsp3) is 0.462. The molecule has 1 aromatic rings. The molecule has 1 heterocycles. The Hall–Kier alpha value is -2.15. The van der Waals surface area contributed by atoms with Crippen molar-refractivity contribution < 1.29 is 14.5 Å². The number of carbonyl (C=O) groups is 1. The van der Waals surface area contributed by atoms with Crippen LogP contribution < -0.4 is 15.4 Å². The Kier molecular flexibility index (Phi) is 4.52. The molecule has 0 bridgehead atoms. The molecule has 1 aliphatic rings. The summed E-state index contributed by atoms with van der Waals surface area (Å²) in [6.07, 6.45) is 1.73. The molecule has 0 saturated carbocycles. The van der Waals surface area contributed by atoms with Crippen LogP contribution in [0.15, 0.2) is 18.2 Å². The number of hydrogen-bond donors (Lipinski definition) is 2. The van der Waals surface area contributed by atoms with Crippen LogP contribution in [0.2, 0.25) is 0 Å². The predicted octanol–water partition coefficient (Wildman–Crippen LogP) is 1.09. The maximum Gasteiger partial charge on any atom is 0.311 e. The van der Waals surface area contributed by atoms with Gasteiger partial charge in [-0.15, -0.1) is 0 Å². The van der Waals surface area contributed by atoms with Crippen LogP contribution in [0.3, 0.4) is 0 Å². The topological polar surface area (TPSA) is 93.5 Å². The first kappa shape index (κ1) is 14.3. The summed E-state index contributed by atoms with van der Waals surface area (Å²) < 4.78 is 4.91. The van der Waals surface area contributed by atoms with Gasteiger partial charge in [0.05, 0.1) is 12.0 Å². The lowest BCUT2D eigenvalue weighted by molar-refractivity contribution is -0.385. The maximum atomic E-state index is 12.1. The van der Waals surface area contributed by atoms with Crippen molar-refractivity contribution in [1.82, 2.24) is 10.6 Å². The van der Waals surface area contributed by atoms with Gasteiger partial charge in [0.2, 0.25) is 0 Å². The molecule has 1 amide bonds. The van der Waals surface area contributed by atoms with Gasteiger partial charge in [0, 0.05) is 17.7 Å². The van der Waals surface area contributed by atoms with Crippen molar-refractivity contribution in [3.63, 3.8) is 0 Å². The van der Waals surface area contributed by atoms with Crippen molar-refractivity contribution in [2.24, 2.45) is 0 Å².